The van der Waals surface area contributed by atoms with Crippen molar-refractivity contribution in [3.05, 3.63) is 53.2 Å². The Morgan fingerprint density at radius 1 is 1.22 bits per heavy atom. The largest absolute Gasteiger partial charge is 0.349 e. The zero-order valence-electron chi connectivity index (χ0n) is 13.6. The molecule has 120 valence electrons. The van der Waals surface area contributed by atoms with Crippen LogP contribution in [0.5, 0.6) is 0 Å². The lowest BCUT2D eigenvalue weighted by atomic mass is 10.2. The Bertz CT molecular complexity index is 708. The van der Waals surface area contributed by atoms with Gasteiger partial charge in [-0.3, -0.25) is 4.79 Å². The van der Waals surface area contributed by atoms with Gasteiger partial charge in [-0.15, -0.1) is 0 Å². The van der Waals surface area contributed by atoms with Crippen molar-refractivity contribution in [1.82, 2.24) is 10.3 Å². The molecular formula is C19H22N2OS. The van der Waals surface area contributed by atoms with Gasteiger partial charge in [0.05, 0.1) is 5.56 Å². The van der Waals surface area contributed by atoms with Crippen molar-refractivity contribution in [3.8, 4) is 0 Å². The first-order valence-electron chi connectivity index (χ1n) is 8.14. The van der Waals surface area contributed by atoms with E-state index >= 15 is 0 Å². The summed E-state index contributed by atoms with van der Waals surface area (Å²) in [4.78, 5) is 18.2. The third-order valence-electron chi connectivity index (χ3n) is 4.24. The van der Waals surface area contributed by atoms with E-state index in [1.165, 1.54) is 24.0 Å². The molecule has 1 aromatic carbocycles. The number of nitrogens with one attached hydrogen (secondary N) is 1. The second-order valence-corrected chi connectivity index (χ2v) is 7.21. The molecule has 0 saturated heterocycles. The van der Waals surface area contributed by atoms with Crippen molar-refractivity contribution in [2.24, 2.45) is 0 Å². The van der Waals surface area contributed by atoms with Gasteiger partial charge in [0.2, 0.25) is 0 Å². The number of rotatable bonds is 4. The highest BCUT2D eigenvalue weighted by Gasteiger charge is 2.20. The highest BCUT2D eigenvalue weighted by atomic mass is 32.2. The summed E-state index contributed by atoms with van der Waals surface area (Å²) in [5.74, 6) is -0.00253. The van der Waals surface area contributed by atoms with Crippen LogP contribution in [0.1, 0.15) is 47.2 Å². The minimum atomic E-state index is -0.00253. The van der Waals surface area contributed by atoms with Gasteiger partial charge in [-0.2, -0.15) is 0 Å². The molecule has 0 radical (unpaired) electrons. The molecule has 4 heteroatoms. The van der Waals surface area contributed by atoms with E-state index < -0.39 is 0 Å². The maximum absolute atomic E-state index is 12.6. The number of pyridine rings is 1. The number of hydrogen-bond acceptors (Lipinski definition) is 3. The average Bonchev–Trinajstić information content (AvgIpc) is 3.03. The van der Waals surface area contributed by atoms with Gasteiger partial charge in [-0.05, 0) is 50.5 Å². The number of amides is 1. The zero-order chi connectivity index (χ0) is 16.2. The first-order chi connectivity index (χ1) is 11.1. The lowest BCUT2D eigenvalue weighted by molar-refractivity contribution is 0.0934. The fraction of sp³-hybridized carbons (Fsp3) is 0.368. The topological polar surface area (TPSA) is 42.0 Å². The van der Waals surface area contributed by atoms with Crippen LogP contribution in [-0.4, -0.2) is 16.9 Å². The zero-order valence-corrected chi connectivity index (χ0v) is 14.5. The van der Waals surface area contributed by atoms with Crippen LogP contribution in [0.15, 0.2) is 46.5 Å². The first-order valence-corrected chi connectivity index (χ1v) is 8.96. The number of carbonyl (C=O) groups is 1. The van der Waals surface area contributed by atoms with Crippen LogP contribution in [0.25, 0.3) is 0 Å². The molecule has 3 rings (SSSR count). The van der Waals surface area contributed by atoms with E-state index in [2.05, 4.69) is 42.3 Å². The van der Waals surface area contributed by atoms with E-state index in [1.54, 1.807) is 18.0 Å². The fourth-order valence-electron chi connectivity index (χ4n) is 3.00. The van der Waals surface area contributed by atoms with Gasteiger partial charge in [0.1, 0.15) is 5.03 Å². The number of benzene rings is 1. The summed E-state index contributed by atoms with van der Waals surface area (Å²) < 4.78 is 0. The fourth-order valence-corrected chi connectivity index (χ4v) is 3.94. The molecule has 1 aliphatic rings. The van der Waals surface area contributed by atoms with Crippen molar-refractivity contribution in [1.29, 1.82) is 0 Å². The summed E-state index contributed by atoms with van der Waals surface area (Å²) in [6.07, 6.45) is 6.35. The normalized spacial score (nSPS) is 14.9. The van der Waals surface area contributed by atoms with Crippen LogP contribution >= 0.6 is 11.8 Å². The van der Waals surface area contributed by atoms with E-state index in [-0.39, 0.29) is 5.91 Å². The van der Waals surface area contributed by atoms with Gasteiger partial charge < -0.3 is 5.32 Å². The molecule has 1 aliphatic carbocycles. The van der Waals surface area contributed by atoms with Crippen LogP contribution < -0.4 is 5.32 Å². The molecule has 1 saturated carbocycles. The van der Waals surface area contributed by atoms with Gasteiger partial charge in [-0.1, -0.05) is 42.3 Å². The van der Waals surface area contributed by atoms with Crippen LogP contribution in [-0.2, 0) is 0 Å². The molecular weight excluding hydrogens is 304 g/mol. The number of carbonyl (C=O) groups excluding carboxylic acids is 1. The second kappa shape index (κ2) is 7.18. The molecule has 2 aromatic rings. The van der Waals surface area contributed by atoms with Crippen molar-refractivity contribution in [2.45, 2.75) is 55.5 Å². The Balaban J connectivity index is 1.81. The van der Waals surface area contributed by atoms with Crippen LogP contribution in [0, 0.1) is 13.8 Å². The predicted molar refractivity (Wildman–Crippen MR) is 94.0 cm³/mol. The summed E-state index contributed by atoms with van der Waals surface area (Å²) in [5.41, 5.74) is 3.12. The van der Waals surface area contributed by atoms with Gasteiger partial charge in [0.15, 0.2) is 0 Å². The standard InChI is InChI=1S/C19H22N2OS/c1-13-9-10-17(14(2)12-13)23-19-16(8-5-11-20-19)18(22)21-15-6-3-4-7-15/h5,8-12,15H,3-4,6-7H2,1-2H3,(H,21,22). The predicted octanol–water partition coefficient (Wildman–Crippen LogP) is 4.52. The molecule has 3 nitrogen and oxygen atoms in total. The minimum absolute atomic E-state index is 0.00253. The number of aromatic nitrogens is 1. The van der Waals surface area contributed by atoms with Crippen LogP contribution in [0.4, 0.5) is 0 Å². The molecule has 0 spiro atoms. The maximum atomic E-state index is 12.6. The number of nitrogens with zero attached hydrogens (tertiary/aromatic N) is 1. The Labute approximate surface area is 141 Å². The van der Waals surface area contributed by atoms with E-state index in [9.17, 15) is 4.79 Å². The van der Waals surface area contributed by atoms with Gasteiger partial charge in [0.25, 0.3) is 5.91 Å². The summed E-state index contributed by atoms with van der Waals surface area (Å²) >= 11 is 1.56. The van der Waals surface area contributed by atoms with Gasteiger partial charge >= 0.3 is 0 Å². The SMILES string of the molecule is Cc1ccc(Sc2ncccc2C(=O)NC2CCCC2)c(C)c1. The average molecular weight is 326 g/mol. The molecule has 1 aromatic heterocycles. The van der Waals surface area contributed by atoms with Crippen LogP contribution in [0.3, 0.4) is 0 Å². The van der Waals surface area contributed by atoms with Crippen LogP contribution in [0.2, 0.25) is 0 Å². The molecule has 23 heavy (non-hydrogen) atoms. The van der Waals surface area contributed by atoms with E-state index in [1.807, 2.05) is 12.1 Å². The van der Waals surface area contributed by atoms with Crippen molar-refractivity contribution < 1.29 is 4.79 Å². The summed E-state index contributed by atoms with van der Waals surface area (Å²) in [6, 6.07) is 10.4. The Hall–Kier alpha value is -1.81. The van der Waals surface area contributed by atoms with Crippen molar-refractivity contribution >= 4 is 17.7 Å². The van der Waals surface area contributed by atoms with E-state index in [4.69, 9.17) is 0 Å². The molecule has 1 heterocycles. The monoisotopic (exact) mass is 326 g/mol. The van der Waals surface area contributed by atoms with E-state index in [0.717, 1.165) is 22.8 Å². The number of hydrogen-bond donors (Lipinski definition) is 1. The highest BCUT2D eigenvalue weighted by molar-refractivity contribution is 7.99. The first kappa shape index (κ1) is 16.1. The molecule has 1 amide bonds. The summed E-state index contributed by atoms with van der Waals surface area (Å²) in [6.45, 7) is 4.18. The summed E-state index contributed by atoms with van der Waals surface area (Å²) in [7, 11) is 0. The quantitative estimate of drug-likeness (QED) is 0.898. The summed E-state index contributed by atoms with van der Waals surface area (Å²) in [5, 5.41) is 3.93. The third-order valence-corrected chi connectivity index (χ3v) is 5.44. The molecule has 0 atom stereocenters. The highest BCUT2D eigenvalue weighted by Crippen LogP contribution is 2.31. The number of aryl methyl sites for hydroxylation is 2. The van der Waals surface area contributed by atoms with E-state index in [0.29, 0.717) is 11.6 Å². The Morgan fingerprint density at radius 2 is 2.00 bits per heavy atom. The van der Waals surface area contributed by atoms with Crippen molar-refractivity contribution in [3.63, 3.8) is 0 Å². The third kappa shape index (κ3) is 3.94. The maximum Gasteiger partial charge on any atom is 0.254 e. The lowest BCUT2D eigenvalue weighted by Crippen LogP contribution is -2.33. The second-order valence-electron chi connectivity index (χ2n) is 6.18. The Kier molecular flexibility index (Phi) is 5.01. The molecule has 0 unspecified atom stereocenters. The van der Waals surface area contributed by atoms with Gasteiger partial charge in [0, 0.05) is 17.1 Å². The van der Waals surface area contributed by atoms with Gasteiger partial charge in [-0.25, -0.2) is 4.98 Å². The molecule has 1 fully saturated rings. The Morgan fingerprint density at radius 3 is 2.74 bits per heavy atom. The van der Waals surface area contributed by atoms with Crippen molar-refractivity contribution in [2.75, 3.05) is 0 Å². The molecule has 0 aliphatic heterocycles. The smallest absolute Gasteiger partial charge is 0.254 e. The lowest BCUT2D eigenvalue weighted by Gasteiger charge is -2.14. The molecule has 0 bridgehead atoms. The molecule has 1 N–H and O–H groups in total. The minimum Gasteiger partial charge on any atom is -0.349 e.